The molecule has 1 aromatic heterocycles. The Balaban J connectivity index is 2.11. The van der Waals surface area contributed by atoms with Gasteiger partial charge in [0.25, 0.3) is 0 Å². The highest BCUT2D eigenvalue weighted by atomic mass is 32.1. The second kappa shape index (κ2) is 5.41. The molecule has 0 saturated carbocycles. The summed E-state index contributed by atoms with van der Waals surface area (Å²) < 4.78 is 10.3. The number of fused-ring (bicyclic) bond motifs is 1. The van der Waals surface area contributed by atoms with Crippen molar-refractivity contribution in [3.05, 3.63) is 34.2 Å². The van der Waals surface area contributed by atoms with Crippen molar-refractivity contribution >= 4 is 23.0 Å². The van der Waals surface area contributed by atoms with Gasteiger partial charge in [0.15, 0.2) is 0 Å². The maximum atomic E-state index is 11.8. The van der Waals surface area contributed by atoms with Crippen molar-refractivity contribution < 1.29 is 14.3 Å². The van der Waals surface area contributed by atoms with Crippen LogP contribution in [0.25, 0.3) is 10.4 Å². The molecule has 0 atom stereocenters. The molecule has 0 spiro atoms. The van der Waals surface area contributed by atoms with Gasteiger partial charge in [-0.25, -0.2) is 4.79 Å². The van der Waals surface area contributed by atoms with Gasteiger partial charge in [0.1, 0.15) is 10.6 Å². The van der Waals surface area contributed by atoms with Crippen molar-refractivity contribution in [1.82, 2.24) is 0 Å². The normalized spacial score (nSPS) is 12.9. The third kappa shape index (κ3) is 2.27. The van der Waals surface area contributed by atoms with E-state index in [4.69, 9.17) is 15.2 Å². The zero-order valence-corrected chi connectivity index (χ0v) is 12.9. The number of hydrogen-bond donors (Lipinski definition) is 1. The zero-order valence-electron chi connectivity index (χ0n) is 12.1. The number of esters is 1. The minimum atomic E-state index is -0.372. The van der Waals surface area contributed by atoms with Gasteiger partial charge in [0, 0.05) is 11.3 Å². The van der Waals surface area contributed by atoms with Gasteiger partial charge in [-0.1, -0.05) is 6.92 Å². The minimum absolute atomic E-state index is 0.372. The summed E-state index contributed by atoms with van der Waals surface area (Å²) >= 11 is 1.40. The van der Waals surface area contributed by atoms with Crippen LogP contribution in [0.2, 0.25) is 0 Å². The van der Waals surface area contributed by atoms with E-state index < -0.39 is 0 Å². The first kappa shape index (κ1) is 13.9. The predicted molar refractivity (Wildman–Crippen MR) is 84.1 cm³/mol. The Bertz CT molecular complexity index is 706. The van der Waals surface area contributed by atoms with E-state index in [2.05, 4.69) is 6.07 Å². The number of methoxy groups -OCH3 is 1. The molecule has 0 fully saturated rings. The fraction of sp³-hybridized carbons (Fsp3) is 0.312. The number of ether oxygens (including phenoxy) is 2. The third-order valence-electron chi connectivity index (χ3n) is 3.72. The van der Waals surface area contributed by atoms with E-state index in [-0.39, 0.29) is 5.97 Å². The van der Waals surface area contributed by atoms with E-state index in [1.807, 2.05) is 19.1 Å². The van der Waals surface area contributed by atoms with Crippen LogP contribution in [0, 0.1) is 0 Å². The molecule has 2 aromatic rings. The van der Waals surface area contributed by atoms with Crippen LogP contribution in [0.4, 0.5) is 5.69 Å². The smallest absolute Gasteiger partial charge is 0.350 e. The van der Waals surface area contributed by atoms with Crippen molar-refractivity contribution in [1.29, 1.82) is 0 Å². The van der Waals surface area contributed by atoms with Crippen LogP contribution in [-0.4, -0.2) is 19.7 Å². The summed E-state index contributed by atoms with van der Waals surface area (Å²) in [4.78, 5) is 13.4. The van der Waals surface area contributed by atoms with Crippen molar-refractivity contribution in [2.75, 3.05) is 19.5 Å². The van der Waals surface area contributed by atoms with Crippen molar-refractivity contribution in [3.63, 3.8) is 0 Å². The number of rotatable bonds is 3. The molecule has 1 aliphatic heterocycles. The summed E-state index contributed by atoms with van der Waals surface area (Å²) in [6.07, 6.45) is 1.71. The first-order valence-corrected chi connectivity index (χ1v) is 7.72. The molecular weight excluding hydrogens is 286 g/mol. The molecule has 21 heavy (non-hydrogen) atoms. The van der Waals surface area contributed by atoms with Crippen molar-refractivity contribution in [3.8, 4) is 16.2 Å². The molecule has 0 bridgehead atoms. The monoisotopic (exact) mass is 303 g/mol. The molecule has 1 aliphatic rings. The lowest BCUT2D eigenvalue weighted by Gasteiger charge is -2.05. The third-order valence-corrected chi connectivity index (χ3v) is 5.00. The largest absolute Gasteiger partial charge is 0.493 e. The van der Waals surface area contributed by atoms with Gasteiger partial charge in [-0.05, 0) is 41.3 Å². The maximum absolute atomic E-state index is 11.8. The second-order valence-corrected chi connectivity index (χ2v) is 5.94. The van der Waals surface area contributed by atoms with Crippen LogP contribution in [0.3, 0.4) is 0 Å². The first-order valence-electron chi connectivity index (χ1n) is 6.91. The standard InChI is InChI=1S/C16H17NO3S/c1-3-11-13(17)15(16(18)19-2)21-14(11)10-4-5-12-9(8-10)6-7-20-12/h4-5,8H,3,6-7,17H2,1-2H3. The van der Waals surface area contributed by atoms with Crippen LogP contribution in [-0.2, 0) is 17.6 Å². The van der Waals surface area contributed by atoms with Gasteiger partial charge >= 0.3 is 5.97 Å². The van der Waals surface area contributed by atoms with Crippen LogP contribution < -0.4 is 10.5 Å². The number of thiophene rings is 1. The predicted octanol–water partition coefficient (Wildman–Crippen LogP) is 3.28. The summed E-state index contributed by atoms with van der Waals surface area (Å²) in [6.45, 7) is 2.78. The summed E-state index contributed by atoms with van der Waals surface area (Å²) in [5.41, 5.74) is 9.98. The van der Waals surface area contributed by atoms with Gasteiger partial charge in [0.05, 0.1) is 19.4 Å². The fourth-order valence-electron chi connectivity index (χ4n) is 2.63. The number of carbonyl (C=O) groups is 1. The summed E-state index contributed by atoms with van der Waals surface area (Å²) in [6, 6.07) is 6.15. The molecule has 1 aromatic carbocycles. The summed E-state index contributed by atoms with van der Waals surface area (Å²) in [5.74, 6) is 0.581. The quantitative estimate of drug-likeness (QED) is 0.884. The van der Waals surface area contributed by atoms with Gasteiger partial charge in [-0.15, -0.1) is 11.3 Å². The van der Waals surface area contributed by atoms with E-state index in [1.54, 1.807) is 0 Å². The molecule has 0 aliphatic carbocycles. The molecule has 2 N–H and O–H groups in total. The van der Waals surface area contributed by atoms with E-state index >= 15 is 0 Å². The zero-order chi connectivity index (χ0) is 15.0. The highest BCUT2D eigenvalue weighted by molar-refractivity contribution is 7.18. The number of hydrogen-bond acceptors (Lipinski definition) is 5. The van der Waals surface area contributed by atoms with E-state index in [0.29, 0.717) is 10.6 Å². The van der Waals surface area contributed by atoms with E-state index in [0.717, 1.165) is 41.2 Å². The lowest BCUT2D eigenvalue weighted by molar-refractivity contribution is 0.0607. The molecule has 110 valence electrons. The van der Waals surface area contributed by atoms with Crippen LogP contribution >= 0.6 is 11.3 Å². The number of anilines is 1. The number of benzene rings is 1. The molecule has 0 unspecified atom stereocenters. The number of nitrogen functional groups attached to an aromatic ring is 1. The highest BCUT2D eigenvalue weighted by Crippen LogP contribution is 2.41. The first-order chi connectivity index (χ1) is 10.2. The summed E-state index contributed by atoms with van der Waals surface area (Å²) in [7, 11) is 1.37. The van der Waals surface area contributed by atoms with Crippen LogP contribution in [0.15, 0.2) is 18.2 Å². The Hall–Kier alpha value is -2.01. The minimum Gasteiger partial charge on any atom is -0.493 e. The van der Waals surface area contributed by atoms with E-state index in [9.17, 15) is 4.79 Å². The van der Waals surface area contributed by atoms with Gasteiger partial charge < -0.3 is 15.2 Å². The molecule has 2 heterocycles. The topological polar surface area (TPSA) is 61.5 Å². The Kier molecular flexibility index (Phi) is 3.59. The molecule has 4 nitrogen and oxygen atoms in total. The van der Waals surface area contributed by atoms with Crippen LogP contribution in [0.5, 0.6) is 5.75 Å². The molecule has 0 radical (unpaired) electrons. The van der Waals surface area contributed by atoms with E-state index in [1.165, 1.54) is 24.0 Å². The average molecular weight is 303 g/mol. The van der Waals surface area contributed by atoms with Crippen molar-refractivity contribution in [2.45, 2.75) is 19.8 Å². The van der Waals surface area contributed by atoms with Gasteiger partial charge in [0.2, 0.25) is 0 Å². The molecule has 0 saturated heterocycles. The summed E-state index contributed by atoms with van der Waals surface area (Å²) in [5, 5.41) is 0. The Morgan fingerprint density at radius 3 is 3.00 bits per heavy atom. The SMILES string of the molecule is CCc1c(-c2ccc3c(c2)CCO3)sc(C(=O)OC)c1N. The lowest BCUT2D eigenvalue weighted by atomic mass is 10.0. The Morgan fingerprint density at radius 1 is 1.48 bits per heavy atom. The van der Waals surface area contributed by atoms with Crippen molar-refractivity contribution in [2.24, 2.45) is 0 Å². The highest BCUT2D eigenvalue weighted by Gasteiger charge is 2.22. The Labute approximate surface area is 127 Å². The fourth-order valence-corrected chi connectivity index (χ4v) is 3.86. The lowest BCUT2D eigenvalue weighted by Crippen LogP contribution is -2.02. The molecule has 5 heteroatoms. The van der Waals surface area contributed by atoms with Gasteiger partial charge in [-0.3, -0.25) is 0 Å². The number of carbonyl (C=O) groups excluding carboxylic acids is 1. The van der Waals surface area contributed by atoms with Gasteiger partial charge in [-0.2, -0.15) is 0 Å². The molecule has 3 rings (SSSR count). The number of nitrogens with two attached hydrogens (primary N) is 1. The maximum Gasteiger partial charge on any atom is 0.350 e. The van der Waals surface area contributed by atoms with Crippen LogP contribution in [0.1, 0.15) is 27.7 Å². The average Bonchev–Trinajstić information content (AvgIpc) is 3.09. The molecule has 0 amide bonds. The molecular formula is C16H17NO3S. The second-order valence-electron chi connectivity index (χ2n) is 4.92. The Morgan fingerprint density at radius 2 is 2.29 bits per heavy atom.